The summed E-state index contributed by atoms with van der Waals surface area (Å²) in [5, 5.41) is 7.24. The first-order valence-electron chi connectivity index (χ1n) is 17.5. The first kappa shape index (κ1) is 33.0. The van der Waals surface area contributed by atoms with E-state index in [2.05, 4.69) is 66.3 Å². The van der Waals surface area contributed by atoms with Crippen molar-refractivity contribution in [2.45, 2.75) is 60.0 Å². The fourth-order valence-electron chi connectivity index (χ4n) is 8.83. The Kier molecular flexibility index (Phi) is 9.73. The van der Waals surface area contributed by atoms with E-state index in [9.17, 15) is 8.42 Å². The molecule has 0 radical (unpaired) electrons. The van der Waals surface area contributed by atoms with Gasteiger partial charge in [0, 0.05) is 68.8 Å². The standard InChI is InChI=1S/C37H49N7O3S/c1-38-28-47-36-10-6-9-35(36)37(26-43-20-17-39-27-43,30-7-4-3-5-8-30)31-15-18-42(19-16-31)22-29-23-44(24-29)32-11-13-33(14-12-32)48(45,46)34-21-40-41(2)25-34/h3-5,7-8,11-14,17,20-21,25,27,29,31,35-36,38H,6,9-10,15-16,18-19,22-24,26,28H2,1-2H3/t35-,36-,37?/m0/s1. The topological polar surface area (TPSA) is 97.5 Å². The predicted molar refractivity (Wildman–Crippen MR) is 186 cm³/mol. The van der Waals surface area contributed by atoms with Crippen LogP contribution in [0, 0.1) is 17.8 Å². The monoisotopic (exact) mass is 671 g/mol. The van der Waals surface area contributed by atoms with Crippen LogP contribution in [-0.2, 0) is 33.6 Å². The van der Waals surface area contributed by atoms with Crippen LogP contribution in [-0.4, -0.2) is 85.3 Å². The predicted octanol–water partition coefficient (Wildman–Crippen LogP) is 4.60. The number of sulfone groups is 1. The normalized spacial score (nSPS) is 22.5. The summed E-state index contributed by atoms with van der Waals surface area (Å²) in [5.74, 6) is 1.60. The molecule has 48 heavy (non-hydrogen) atoms. The largest absolute Gasteiger partial charge is 0.371 e. The van der Waals surface area contributed by atoms with E-state index in [1.165, 1.54) is 42.1 Å². The SMILES string of the molecule is CNCO[C@H]1CCC[C@@H]1C(Cn1ccnc1)(c1ccccc1)C1CCN(CC2CN(c3ccc(S(=O)(=O)c4cnn(C)c4)cc3)C2)CC1. The highest BCUT2D eigenvalue weighted by Crippen LogP contribution is 2.52. The van der Waals surface area contributed by atoms with Gasteiger partial charge in [-0.1, -0.05) is 36.8 Å². The van der Waals surface area contributed by atoms with Gasteiger partial charge in [-0.05, 0) is 87.5 Å². The lowest BCUT2D eigenvalue weighted by Crippen LogP contribution is -2.55. The molecule has 0 spiro atoms. The first-order chi connectivity index (χ1) is 23.4. The van der Waals surface area contributed by atoms with E-state index in [0.29, 0.717) is 29.4 Å². The van der Waals surface area contributed by atoms with E-state index in [4.69, 9.17) is 4.74 Å². The number of nitrogens with zero attached hydrogens (tertiary/aromatic N) is 6. The molecule has 10 nitrogen and oxygen atoms in total. The Balaban J connectivity index is 1.01. The number of rotatable bonds is 13. The molecule has 4 heterocycles. The Hall–Kier alpha value is -3.51. The zero-order valence-electron chi connectivity index (χ0n) is 28.2. The van der Waals surface area contributed by atoms with Gasteiger partial charge < -0.3 is 19.1 Å². The maximum absolute atomic E-state index is 13.0. The summed E-state index contributed by atoms with van der Waals surface area (Å²) in [4.78, 5) is 10.00. The molecule has 2 aromatic heterocycles. The zero-order valence-corrected chi connectivity index (χ0v) is 29.0. The van der Waals surface area contributed by atoms with Crippen molar-refractivity contribution < 1.29 is 13.2 Å². The number of nitrogens with one attached hydrogen (secondary N) is 1. The lowest BCUT2D eigenvalue weighted by molar-refractivity contribution is -0.0343. The smallest absolute Gasteiger partial charge is 0.209 e. The number of piperidine rings is 1. The van der Waals surface area contributed by atoms with E-state index >= 15 is 0 Å². The molecule has 0 bridgehead atoms. The zero-order chi connectivity index (χ0) is 33.1. The molecule has 4 aromatic rings. The second kappa shape index (κ2) is 14.2. The summed E-state index contributed by atoms with van der Waals surface area (Å²) >= 11 is 0. The third-order valence-corrected chi connectivity index (χ3v) is 12.9. The Labute approximate surface area is 285 Å². The number of aryl methyl sites for hydroxylation is 1. The lowest BCUT2D eigenvalue weighted by Gasteiger charge is -2.51. The number of ether oxygens (including phenoxy) is 1. The van der Waals surface area contributed by atoms with E-state index in [0.717, 1.165) is 51.4 Å². The Morgan fingerprint density at radius 3 is 2.42 bits per heavy atom. The van der Waals surface area contributed by atoms with Crippen LogP contribution in [0.25, 0.3) is 0 Å². The van der Waals surface area contributed by atoms with Crippen LogP contribution in [0.4, 0.5) is 5.69 Å². The third-order valence-electron chi connectivity index (χ3n) is 11.2. The highest BCUT2D eigenvalue weighted by atomic mass is 32.2. The summed E-state index contributed by atoms with van der Waals surface area (Å²) in [6.07, 6.45) is 15.0. The Morgan fingerprint density at radius 2 is 1.75 bits per heavy atom. The molecule has 2 aliphatic heterocycles. The first-order valence-corrected chi connectivity index (χ1v) is 18.9. The van der Waals surface area contributed by atoms with Gasteiger partial charge in [-0.3, -0.25) is 10.00 Å². The van der Waals surface area contributed by atoms with Gasteiger partial charge >= 0.3 is 0 Å². The average Bonchev–Trinajstić information content (AvgIpc) is 3.88. The fraction of sp³-hybridized carbons (Fsp3) is 0.514. The quantitative estimate of drug-likeness (QED) is 0.206. The van der Waals surface area contributed by atoms with Crippen molar-refractivity contribution in [2.75, 3.05) is 51.4 Å². The van der Waals surface area contributed by atoms with Gasteiger partial charge in [0.2, 0.25) is 9.84 Å². The average molecular weight is 672 g/mol. The summed E-state index contributed by atoms with van der Waals surface area (Å²) in [5.41, 5.74) is 2.48. The molecule has 7 rings (SSSR count). The summed E-state index contributed by atoms with van der Waals surface area (Å²) in [7, 11) is 0.121. The Bertz CT molecular complexity index is 1710. The van der Waals surface area contributed by atoms with Crippen molar-refractivity contribution in [1.29, 1.82) is 0 Å². The molecule has 256 valence electrons. The van der Waals surface area contributed by atoms with Crippen LogP contribution < -0.4 is 10.2 Å². The second-order valence-corrected chi connectivity index (χ2v) is 16.0. The maximum Gasteiger partial charge on any atom is 0.209 e. The molecule has 1 N–H and O–H groups in total. The third kappa shape index (κ3) is 6.57. The van der Waals surface area contributed by atoms with E-state index in [1.54, 1.807) is 25.4 Å². The van der Waals surface area contributed by atoms with E-state index in [1.807, 2.05) is 31.7 Å². The van der Waals surface area contributed by atoms with Crippen LogP contribution >= 0.6 is 0 Å². The summed E-state index contributed by atoms with van der Waals surface area (Å²) in [6, 6.07) is 18.6. The molecule has 1 saturated carbocycles. The number of aromatic nitrogens is 4. The van der Waals surface area contributed by atoms with E-state index in [-0.39, 0.29) is 16.4 Å². The molecule has 2 aromatic carbocycles. The van der Waals surface area contributed by atoms with Gasteiger partial charge in [0.05, 0.1) is 30.3 Å². The minimum atomic E-state index is -3.56. The molecule has 2 saturated heterocycles. The van der Waals surface area contributed by atoms with E-state index < -0.39 is 9.84 Å². The van der Waals surface area contributed by atoms with Gasteiger partial charge in [-0.15, -0.1) is 0 Å². The molecule has 3 fully saturated rings. The van der Waals surface area contributed by atoms with Crippen molar-refractivity contribution in [2.24, 2.45) is 24.8 Å². The van der Waals surface area contributed by atoms with Gasteiger partial charge in [-0.25, -0.2) is 13.4 Å². The minimum Gasteiger partial charge on any atom is -0.371 e. The number of imidazole rings is 1. The molecular formula is C37H49N7O3S. The van der Waals surface area contributed by atoms with Crippen molar-refractivity contribution in [3.63, 3.8) is 0 Å². The minimum absolute atomic E-state index is 0.0348. The van der Waals surface area contributed by atoms with Crippen LogP contribution in [0.2, 0.25) is 0 Å². The van der Waals surface area contributed by atoms with Gasteiger partial charge in [0.25, 0.3) is 0 Å². The van der Waals surface area contributed by atoms with Crippen molar-refractivity contribution >= 4 is 15.5 Å². The highest BCUT2D eigenvalue weighted by molar-refractivity contribution is 7.91. The molecule has 1 unspecified atom stereocenters. The van der Waals surface area contributed by atoms with Crippen molar-refractivity contribution in [1.82, 2.24) is 29.5 Å². The van der Waals surface area contributed by atoms with Crippen molar-refractivity contribution in [3.8, 4) is 0 Å². The van der Waals surface area contributed by atoms with Crippen molar-refractivity contribution in [3.05, 3.63) is 91.3 Å². The summed E-state index contributed by atoms with van der Waals surface area (Å²) in [6.45, 7) is 6.82. The highest BCUT2D eigenvalue weighted by Gasteiger charge is 2.52. The van der Waals surface area contributed by atoms with Crippen LogP contribution in [0.1, 0.15) is 37.7 Å². The van der Waals surface area contributed by atoms with Gasteiger partial charge in [0.15, 0.2) is 0 Å². The molecule has 0 amide bonds. The molecule has 11 heteroatoms. The van der Waals surface area contributed by atoms with Crippen LogP contribution in [0.3, 0.4) is 0 Å². The molecule has 1 aliphatic carbocycles. The number of hydrogen-bond donors (Lipinski definition) is 1. The fourth-order valence-corrected chi connectivity index (χ4v) is 10.1. The van der Waals surface area contributed by atoms with Gasteiger partial charge in [0.1, 0.15) is 4.90 Å². The number of likely N-dealkylation sites (tertiary alicyclic amines) is 1. The second-order valence-electron chi connectivity index (χ2n) is 14.1. The molecule has 3 aliphatic rings. The van der Waals surface area contributed by atoms with Crippen LogP contribution in [0.5, 0.6) is 0 Å². The van der Waals surface area contributed by atoms with Crippen LogP contribution in [0.15, 0.2) is 95.5 Å². The Morgan fingerprint density at radius 1 is 0.979 bits per heavy atom. The summed E-state index contributed by atoms with van der Waals surface area (Å²) < 4.78 is 36.3. The molecule has 3 atom stereocenters. The number of anilines is 1. The molecular weight excluding hydrogens is 623 g/mol. The number of hydrogen-bond acceptors (Lipinski definition) is 8. The van der Waals surface area contributed by atoms with Gasteiger partial charge in [-0.2, -0.15) is 5.10 Å². The lowest BCUT2D eigenvalue weighted by atomic mass is 9.58. The number of benzene rings is 2. The maximum atomic E-state index is 13.0.